The highest BCUT2D eigenvalue weighted by Crippen LogP contribution is 2.43. The molecule has 1 aromatic heterocycles. The Hall–Kier alpha value is -4.01. The highest BCUT2D eigenvalue weighted by atomic mass is 19.1. The Balaban J connectivity index is 1.61. The number of fused-ring (bicyclic) bond motifs is 1. The summed E-state index contributed by atoms with van der Waals surface area (Å²) >= 11 is 0. The van der Waals surface area contributed by atoms with E-state index in [9.17, 15) is 23.5 Å². The third-order valence-electron chi connectivity index (χ3n) is 7.22. The number of carboxylic acid groups (broad SMARTS) is 1. The zero-order valence-electron chi connectivity index (χ0n) is 20.3. The standard InChI is InChI=1S/C28H28F2N4O3/c29-13-15-33-18-23-24(34(16-14-30)27(33)37)17-22(19-5-2-1-3-6-19)25(31-23)20-7-9-21(10-8-20)28(11-4-12-28)32-26(35)36/h1-3,5-10,17,32H,4,11-16,18H2,(H,35,36). The van der Waals surface area contributed by atoms with Crippen molar-refractivity contribution in [1.82, 2.24) is 15.2 Å². The van der Waals surface area contributed by atoms with Crippen LogP contribution in [0.3, 0.4) is 0 Å². The fraction of sp³-hybridized carbons (Fsp3) is 0.321. The molecule has 3 aromatic rings. The first kappa shape index (κ1) is 24.7. The minimum absolute atomic E-state index is 0.0914. The molecule has 0 bridgehead atoms. The maximum Gasteiger partial charge on any atom is 0.405 e. The van der Waals surface area contributed by atoms with Crippen LogP contribution in [0.2, 0.25) is 0 Å². The molecule has 192 valence electrons. The van der Waals surface area contributed by atoms with E-state index < -0.39 is 31.0 Å². The number of nitrogens with zero attached hydrogens (tertiary/aromatic N) is 3. The van der Waals surface area contributed by atoms with Crippen LogP contribution in [0.1, 0.15) is 30.5 Å². The van der Waals surface area contributed by atoms with Crippen molar-refractivity contribution in [2.75, 3.05) is 31.3 Å². The summed E-state index contributed by atoms with van der Waals surface area (Å²) in [6.07, 6.45) is 1.40. The number of benzene rings is 2. The first-order valence-corrected chi connectivity index (χ1v) is 12.4. The van der Waals surface area contributed by atoms with Gasteiger partial charge >= 0.3 is 12.1 Å². The van der Waals surface area contributed by atoms with E-state index in [0.29, 0.717) is 17.1 Å². The molecule has 1 fully saturated rings. The molecule has 37 heavy (non-hydrogen) atoms. The van der Waals surface area contributed by atoms with Crippen LogP contribution in [0.4, 0.5) is 24.1 Å². The van der Waals surface area contributed by atoms with Gasteiger partial charge in [-0.2, -0.15) is 0 Å². The third-order valence-corrected chi connectivity index (χ3v) is 7.22. The number of halogens is 2. The quantitative estimate of drug-likeness (QED) is 0.408. The number of hydrogen-bond acceptors (Lipinski definition) is 3. The molecule has 2 heterocycles. The number of anilines is 1. The second-order valence-corrected chi connectivity index (χ2v) is 9.39. The number of carbonyl (C=O) groups is 2. The number of hydrogen-bond donors (Lipinski definition) is 2. The van der Waals surface area contributed by atoms with Crippen LogP contribution in [-0.2, 0) is 12.1 Å². The van der Waals surface area contributed by atoms with Crippen molar-refractivity contribution in [3.63, 3.8) is 0 Å². The average molecular weight is 507 g/mol. The van der Waals surface area contributed by atoms with Gasteiger partial charge in [0.1, 0.15) is 13.3 Å². The Morgan fingerprint density at radius 2 is 1.70 bits per heavy atom. The van der Waals surface area contributed by atoms with E-state index in [0.717, 1.165) is 41.5 Å². The second-order valence-electron chi connectivity index (χ2n) is 9.39. The van der Waals surface area contributed by atoms with Gasteiger partial charge in [-0.1, -0.05) is 54.6 Å². The maximum absolute atomic E-state index is 13.4. The minimum atomic E-state index is -1.04. The van der Waals surface area contributed by atoms with E-state index in [1.165, 1.54) is 9.80 Å². The first-order chi connectivity index (χ1) is 18.0. The number of carbonyl (C=O) groups excluding carboxylic acids is 1. The molecule has 3 amide bonds. The Labute approximate surface area is 213 Å². The SMILES string of the molecule is O=C(O)NC1(c2ccc(-c3nc4c(cc3-c3ccccc3)N(CCF)C(=O)N(CCF)C4)cc2)CCC1. The van der Waals surface area contributed by atoms with Crippen LogP contribution in [0, 0.1) is 0 Å². The molecule has 2 aliphatic rings. The van der Waals surface area contributed by atoms with Crippen molar-refractivity contribution in [1.29, 1.82) is 0 Å². The minimum Gasteiger partial charge on any atom is -0.465 e. The van der Waals surface area contributed by atoms with Gasteiger partial charge in [0, 0.05) is 11.1 Å². The normalized spacial score (nSPS) is 16.2. The third kappa shape index (κ3) is 4.61. The fourth-order valence-electron chi connectivity index (χ4n) is 5.22. The molecule has 1 aliphatic carbocycles. The van der Waals surface area contributed by atoms with Gasteiger partial charge in [-0.05, 0) is 36.5 Å². The van der Waals surface area contributed by atoms with Crippen molar-refractivity contribution >= 4 is 17.8 Å². The predicted molar refractivity (Wildman–Crippen MR) is 137 cm³/mol. The largest absolute Gasteiger partial charge is 0.465 e. The Morgan fingerprint density at radius 1 is 1.00 bits per heavy atom. The van der Waals surface area contributed by atoms with Gasteiger partial charge < -0.3 is 15.3 Å². The number of aromatic nitrogens is 1. The average Bonchev–Trinajstić information content (AvgIpc) is 2.89. The summed E-state index contributed by atoms with van der Waals surface area (Å²) in [4.78, 5) is 32.0. The lowest BCUT2D eigenvalue weighted by Crippen LogP contribution is -2.50. The second kappa shape index (κ2) is 10.2. The van der Waals surface area contributed by atoms with Gasteiger partial charge in [0.15, 0.2) is 0 Å². The van der Waals surface area contributed by atoms with Crippen LogP contribution in [0.25, 0.3) is 22.4 Å². The molecule has 2 N–H and O–H groups in total. The zero-order chi connectivity index (χ0) is 26.0. The van der Waals surface area contributed by atoms with Gasteiger partial charge in [0.25, 0.3) is 0 Å². The van der Waals surface area contributed by atoms with Crippen LogP contribution in [-0.4, -0.2) is 53.6 Å². The molecular weight excluding hydrogens is 478 g/mol. The van der Waals surface area contributed by atoms with Gasteiger partial charge in [-0.25, -0.2) is 23.4 Å². The van der Waals surface area contributed by atoms with E-state index in [-0.39, 0.29) is 19.6 Å². The van der Waals surface area contributed by atoms with Gasteiger partial charge in [-0.15, -0.1) is 0 Å². The van der Waals surface area contributed by atoms with E-state index >= 15 is 0 Å². The molecule has 0 saturated heterocycles. The molecule has 1 saturated carbocycles. The first-order valence-electron chi connectivity index (χ1n) is 12.4. The zero-order valence-corrected chi connectivity index (χ0v) is 20.3. The number of pyridine rings is 1. The van der Waals surface area contributed by atoms with Gasteiger partial charge in [0.05, 0.1) is 42.2 Å². The summed E-state index contributed by atoms with van der Waals surface area (Å²) in [6.45, 7) is -1.53. The Morgan fingerprint density at radius 3 is 2.30 bits per heavy atom. The van der Waals surface area contributed by atoms with E-state index in [2.05, 4.69) is 5.32 Å². The number of rotatable bonds is 8. The highest BCUT2D eigenvalue weighted by molar-refractivity contribution is 5.96. The van der Waals surface area contributed by atoms with Gasteiger partial charge in [-0.3, -0.25) is 4.90 Å². The summed E-state index contributed by atoms with van der Waals surface area (Å²) in [5, 5.41) is 12.0. The molecular formula is C28H28F2N4O3. The lowest BCUT2D eigenvalue weighted by Gasteiger charge is -2.42. The number of amides is 3. The van der Waals surface area contributed by atoms with Crippen molar-refractivity contribution in [3.8, 4) is 22.4 Å². The van der Waals surface area contributed by atoms with E-state index in [1.807, 2.05) is 60.7 Å². The summed E-state index contributed by atoms with van der Waals surface area (Å²) in [6, 6.07) is 18.7. The highest BCUT2D eigenvalue weighted by Gasteiger charge is 2.40. The molecule has 0 unspecified atom stereocenters. The van der Waals surface area contributed by atoms with Crippen LogP contribution < -0.4 is 10.2 Å². The summed E-state index contributed by atoms with van der Waals surface area (Å²) < 4.78 is 26.6. The molecule has 1 aliphatic heterocycles. The smallest absolute Gasteiger partial charge is 0.405 e. The predicted octanol–water partition coefficient (Wildman–Crippen LogP) is 5.74. The van der Waals surface area contributed by atoms with Crippen molar-refractivity contribution in [2.24, 2.45) is 0 Å². The topological polar surface area (TPSA) is 85.8 Å². The lowest BCUT2D eigenvalue weighted by molar-refractivity contribution is 0.144. The Kier molecular flexibility index (Phi) is 6.78. The molecule has 5 rings (SSSR count). The van der Waals surface area contributed by atoms with Gasteiger partial charge in [0.2, 0.25) is 0 Å². The molecule has 9 heteroatoms. The van der Waals surface area contributed by atoms with E-state index in [4.69, 9.17) is 4.98 Å². The Bertz CT molecular complexity index is 1300. The molecule has 0 spiro atoms. The van der Waals surface area contributed by atoms with Crippen molar-refractivity contribution in [3.05, 3.63) is 71.9 Å². The molecule has 7 nitrogen and oxygen atoms in total. The number of alkyl halides is 2. The maximum atomic E-state index is 13.4. The van der Waals surface area contributed by atoms with Crippen molar-refractivity contribution in [2.45, 2.75) is 31.3 Å². The van der Waals surface area contributed by atoms with Crippen LogP contribution in [0.15, 0.2) is 60.7 Å². The summed E-state index contributed by atoms with van der Waals surface area (Å²) in [7, 11) is 0. The summed E-state index contributed by atoms with van der Waals surface area (Å²) in [5.41, 5.74) is 4.60. The number of nitrogens with one attached hydrogen (secondary N) is 1. The summed E-state index contributed by atoms with van der Waals surface area (Å²) in [5.74, 6) is 0. The fourth-order valence-corrected chi connectivity index (χ4v) is 5.22. The van der Waals surface area contributed by atoms with E-state index in [1.54, 1.807) is 0 Å². The molecule has 0 radical (unpaired) electrons. The molecule has 0 atom stereocenters. The monoisotopic (exact) mass is 506 g/mol. The van der Waals surface area contributed by atoms with Crippen molar-refractivity contribution < 1.29 is 23.5 Å². The lowest BCUT2D eigenvalue weighted by atomic mass is 9.71. The molecule has 2 aromatic carbocycles. The van der Waals surface area contributed by atoms with Crippen LogP contribution in [0.5, 0.6) is 0 Å². The number of urea groups is 1. The van der Waals surface area contributed by atoms with Crippen LogP contribution >= 0.6 is 0 Å².